The molecule has 0 N–H and O–H groups in total. The van der Waals surface area contributed by atoms with E-state index in [1.807, 2.05) is 0 Å². The Labute approximate surface area is 114 Å². The summed E-state index contributed by atoms with van der Waals surface area (Å²) in [6.07, 6.45) is 0.776. The first kappa shape index (κ1) is 13.2. The minimum atomic E-state index is -0.162. The van der Waals surface area contributed by atoms with Gasteiger partial charge in [0.2, 0.25) is 15.4 Å². The van der Waals surface area contributed by atoms with Gasteiger partial charge in [-0.25, -0.2) is 0 Å². The molecule has 2 amide bonds. The first-order valence-corrected chi connectivity index (χ1v) is 6.81. The Hall–Kier alpha value is -1.21. The maximum Gasteiger partial charge on any atom is 0.284 e. The third-order valence-electron chi connectivity index (χ3n) is 2.81. The largest absolute Gasteiger partial charge is 0.341 e. The molecular formula is C10H13ClN4O2S. The van der Waals surface area contributed by atoms with Gasteiger partial charge >= 0.3 is 0 Å². The third-order valence-corrected chi connectivity index (χ3v) is 3.82. The zero-order valence-corrected chi connectivity index (χ0v) is 11.5. The highest BCUT2D eigenvalue weighted by molar-refractivity contribution is 7.17. The van der Waals surface area contributed by atoms with Crippen molar-refractivity contribution in [3.05, 3.63) is 9.47 Å². The molecule has 1 aromatic heterocycles. The maximum atomic E-state index is 12.1. The molecule has 2 heterocycles. The van der Waals surface area contributed by atoms with Gasteiger partial charge in [-0.2, -0.15) is 0 Å². The van der Waals surface area contributed by atoms with E-state index in [4.69, 9.17) is 11.6 Å². The molecule has 0 saturated carbocycles. The van der Waals surface area contributed by atoms with Crippen molar-refractivity contribution in [1.82, 2.24) is 20.0 Å². The summed E-state index contributed by atoms with van der Waals surface area (Å²) in [5.41, 5.74) is 0. The number of amides is 2. The number of aromatic nitrogens is 2. The molecule has 0 atom stereocenters. The predicted octanol–water partition coefficient (Wildman–Crippen LogP) is 0.886. The Bertz CT molecular complexity index is 464. The average Bonchev–Trinajstić information content (AvgIpc) is 2.63. The van der Waals surface area contributed by atoms with Crippen molar-refractivity contribution in [3.63, 3.8) is 0 Å². The van der Waals surface area contributed by atoms with Crippen molar-refractivity contribution in [3.8, 4) is 0 Å². The van der Waals surface area contributed by atoms with E-state index in [9.17, 15) is 9.59 Å². The van der Waals surface area contributed by atoms with Crippen LogP contribution in [0.25, 0.3) is 0 Å². The van der Waals surface area contributed by atoms with E-state index in [1.165, 1.54) is 0 Å². The summed E-state index contributed by atoms with van der Waals surface area (Å²) in [4.78, 5) is 26.8. The third kappa shape index (κ3) is 2.97. The molecular weight excluding hydrogens is 276 g/mol. The van der Waals surface area contributed by atoms with Crippen molar-refractivity contribution >= 4 is 34.8 Å². The van der Waals surface area contributed by atoms with Gasteiger partial charge in [-0.3, -0.25) is 9.59 Å². The fraction of sp³-hybridized carbons (Fsp3) is 0.600. The summed E-state index contributed by atoms with van der Waals surface area (Å²) in [7, 11) is 0. The first-order valence-electron chi connectivity index (χ1n) is 5.61. The second-order valence-corrected chi connectivity index (χ2v) is 5.57. The van der Waals surface area contributed by atoms with Crippen LogP contribution in [0.2, 0.25) is 4.47 Å². The summed E-state index contributed by atoms with van der Waals surface area (Å²) < 4.78 is 0.263. The molecule has 0 spiro atoms. The molecule has 0 bridgehead atoms. The molecule has 0 aromatic carbocycles. The van der Waals surface area contributed by atoms with E-state index in [0.29, 0.717) is 31.2 Å². The first-order chi connectivity index (χ1) is 8.58. The highest BCUT2D eigenvalue weighted by atomic mass is 35.5. The van der Waals surface area contributed by atoms with Gasteiger partial charge in [0.25, 0.3) is 5.91 Å². The summed E-state index contributed by atoms with van der Waals surface area (Å²) in [6.45, 7) is 3.95. The number of carbonyl (C=O) groups excluding carboxylic acids is 2. The SMILES string of the molecule is CC(=O)N1CCCN(C(=O)c2nnc(Cl)s2)CC1. The topological polar surface area (TPSA) is 66.4 Å². The molecule has 0 aliphatic carbocycles. The maximum absolute atomic E-state index is 12.1. The van der Waals surface area contributed by atoms with E-state index in [2.05, 4.69) is 10.2 Å². The lowest BCUT2D eigenvalue weighted by Crippen LogP contribution is -2.36. The average molecular weight is 289 g/mol. The Morgan fingerprint density at radius 1 is 1.17 bits per heavy atom. The quantitative estimate of drug-likeness (QED) is 0.770. The zero-order valence-electron chi connectivity index (χ0n) is 9.93. The van der Waals surface area contributed by atoms with Crippen molar-refractivity contribution in [1.29, 1.82) is 0 Å². The lowest BCUT2D eigenvalue weighted by Gasteiger charge is -2.20. The van der Waals surface area contributed by atoms with E-state index in [-0.39, 0.29) is 16.3 Å². The van der Waals surface area contributed by atoms with Crippen LogP contribution < -0.4 is 0 Å². The summed E-state index contributed by atoms with van der Waals surface area (Å²) in [5.74, 6) is -0.118. The van der Waals surface area contributed by atoms with Crippen LogP contribution in [0.3, 0.4) is 0 Å². The molecule has 8 heteroatoms. The minimum absolute atomic E-state index is 0.0447. The highest BCUT2D eigenvalue weighted by Crippen LogP contribution is 2.17. The van der Waals surface area contributed by atoms with E-state index in [1.54, 1.807) is 16.7 Å². The number of nitrogens with zero attached hydrogens (tertiary/aromatic N) is 4. The Kier molecular flexibility index (Phi) is 4.13. The zero-order chi connectivity index (χ0) is 13.1. The molecule has 18 heavy (non-hydrogen) atoms. The molecule has 1 fully saturated rings. The standard InChI is InChI=1S/C10H13ClN4O2S/c1-7(16)14-3-2-4-15(6-5-14)9(17)8-12-13-10(11)18-8/h2-6H2,1H3. The second-order valence-electron chi connectivity index (χ2n) is 4.01. The molecule has 1 saturated heterocycles. The summed E-state index contributed by atoms with van der Waals surface area (Å²) >= 11 is 6.74. The van der Waals surface area contributed by atoms with Crippen molar-refractivity contribution in [2.75, 3.05) is 26.2 Å². The molecule has 98 valence electrons. The monoisotopic (exact) mass is 288 g/mol. The lowest BCUT2D eigenvalue weighted by atomic mass is 10.4. The van der Waals surface area contributed by atoms with Crippen LogP contribution in [-0.4, -0.2) is 58.0 Å². The number of hydrogen-bond acceptors (Lipinski definition) is 5. The van der Waals surface area contributed by atoms with E-state index >= 15 is 0 Å². The number of rotatable bonds is 1. The highest BCUT2D eigenvalue weighted by Gasteiger charge is 2.23. The smallest absolute Gasteiger partial charge is 0.284 e. The van der Waals surface area contributed by atoms with E-state index < -0.39 is 0 Å². The van der Waals surface area contributed by atoms with Gasteiger partial charge in [-0.1, -0.05) is 11.3 Å². The number of hydrogen-bond donors (Lipinski definition) is 0. The number of carbonyl (C=O) groups is 2. The molecule has 0 unspecified atom stereocenters. The van der Waals surface area contributed by atoms with Crippen LogP contribution in [0.5, 0.6) is 0 Å². The van der Waals surface area contributed by atoms with Crippen molar-refractivity contribution in [2.24, 2.45) is 0 Å². The number of halogens is 1. The Morgan fingerprint density at radius 3 is 2.44 bits per heavy atom. The van der Waals surface area contributed by atoms with Crippen molar-refractivity contribution in [2.45, 2.75) is 13.3 Å². The summed E-state index contributed by atoms with van der Waals surface area (Å²) in [6, 6.07) is 0. The van der Waals surface area contributed by atoms with Crippen LogP contribution in [0.4, 0.5) is 0 Å². The van der Waals surface area contributed by atoms with Crippen LogP contribution in [-0.2, 0) is 4.79 Å². The fourth-order valence-corrected chi connectivity index (χ4v) is 2.66. The van der Waals surface area contributed by atoms with Crippen molar-refractivity contribution < 1.29 is 9.59 Å². The van der Waals surface area contributed by atoms with Gasteiger partial charge in [-0.05, 0) is 18.0 Å². The molecule has 6 nitrogen and oxygen atoms in total. The lowest BCUT2D eigenvalue weighted by molar-refractivity contribution is -0.128. The fourth-order valence-electron chi connectivity index (χ4n) is 1.86. The van der Waals surface area contributed by atoms with E-state index in [0.717, 1.165) is 17.8 Å². The van der Waals surface area contributed by atoms with Crippen LogP contribution >= 0.6 is 22.9 Å². The summed E-state index contributed by atoms with van der Waals surface area (Å²) in [5, 5.41) is 7.66. The molecule has 1 aliphatic heterocycles. The van der Waals surface area contributed by atoms with Crippen LogP contribution in [0, 0.1) is 0 Å². The Morgan fingerprint density at radius 2 is 1.83 bits per heavy atom. The molecule has 1 aliphatic rings. The molecule has 0 radical (unpaired) electrons. The normalized spacial score (nSPS) is 16.6. The van der Waals surface area contributed by atoms with Gasteiger partial charge in [0.1, 0.15) is 0 Å². The van der Waals surface area contributed by atoms with Crippen LogP contribution in [0.15, 0.2) is 0 Å². The van der Waals surface area contributed by atoms with Crippen LogP contribution in [0.1, 0.15) is 23.1 Å². The second kappa shape index (κ2) is 5.62. The van der Waals surface area contributed by atoms with Gasteiger partial charge in [0, 0.05) is 33.1 Å². The van der Waals surface area contributed by atoms with Gasteiger partial charge in [0.15, 0.2) is 0 Å². The minimum Gasteiger partial charge on any atom is -0.341 e. The van der Waals surface area contributed by atoms with Gasteiger partial charge in [-0.15, -0.1) is 10.2 Å². The Balaban J connectivity index is 2.02. The van der Waals surface area contributed by atoms with Gasteiger partial charge in [0.05, 0.1) is 0 Å². The molecule has 1 aromatic rings. The molecule has 2 rings (SSSR count). The predicted molar refractivity (Wildman–Crippen MR) is 67.7 cm³/mol. The van der Waals surface area contributed by atoms with Gasteiger partial charge < -0.3 is 9.80 Å².